The van der Waals surface area contributed by atoms with Crippen LogP contribution in [0.3, 0.4) is 0 Å². The lowest BCUT2D eigenvalue weighted by Gasteiger charge is -2.10. The molecule has 2 aromatic carbocycles. The van der Waals surface area contributed by atoms with Crippen molar-refractivity contribution in [1.82, 2.24) is 0 Å². The van der Waals surface area contributed by atoms with Crippen molar-refractivity contribution >= 4 is 40.8 Å². The number of rotatable bonds is 3. The quantitative estimate of drug-likeness (QED) is 0.803. The Balaban J connectivity index is 2.34. The fourth-order valence-corrected chi connectivity index (χ4v) is 2.12. The molecule has 1 amide bonds. The van der Waals surface area contributed by atoms with Crippen molar-refractivity contribution < 1.29 is 19.8 Å². The first-order valence-electron chi connectivity index (χ1n) is 5.72. The topological polar surface area (TPSA) is 86.6 Å². The molecule has 2 aromatic rings. The molecule has 21 heavy (non-hydrogen) atoms. The van der Waals surface area contributed by atoms with E-state index in [4.69, 9.17) is 28.3 Å². The van der Waals surface area contributed by atoms with Gasteiger partial charge < -0.3 is 15.5 Å². The Morgan fingerprint density at radius 2 is 1.76 bits per heavy atom. The van der Waals surface area contributed by atoms with Crippen molar-refractivity contribution in [2.24, 2.45) is 0 Å². The number of benzene rings is 2. The maximum atomic E-state index is 12.1. The summed E-state index contributed by atoms with van der Waals surface area (Å²) in [6.45, 7) is 0. The lowest BCUT2D eigenvalue weighted by atomic mass is 10.1. The number of carboxylic acid groups (broad SMARTS) is 1. The predicted octanol–water partition coefficient (Wildman–Crippen LogP) is 3.65. The van der Waals surface area contributed by atoms with Gasteiger partial charge in [0.05, 0.1) is 15.7 Å². The molecular formula is C14H9Cl2NO4. The highest BCUT2D eigenvalue weighted by Gasteiger charge is 2.17. The Kier molecular flexibility index (Phi) is 4.35. The molecule has 0 aliphatic rings. The second kappa shape index (κ2) is 6.03. The summed E-state index contributed by atoms with van der Waals surface area (Å²) in [5.74, 6) is -1.97. The number of aromatic hydroxyl groups is 1. The second-order valence-corrected chi connectivity index (χ2v) is 4.90. The molecule has 0 heterocycles. The maximum Gasteiger partial charge on any atom is 0.339 e. The highest BCUT2D eigenvalue weighted by Crippen LogP contribution is 2.27. The summed E-state index contributed by atoms with van der Waals surface area (Å²) >= 11 is 11.5. The first-order valence-corrected chi connectivity index (χ1v) is 6.47. The molecular weight excluding hydrogens is 317 g/mol. The summed E-state index contributed by atoms with van der Waals surface area (Å²) in [6.07, 6.45) is 0. The van der Waals surface area contributed by atoms with Crippen LogP contribution in [0.5, 0.6) is 5.75 Å². The minimum absolute atomic E-state index is 0.0176. The Labute approximate surface area is 129 Å². The molecule has 0 bridgehead atoms. The van der Waals surface area contributed by atoms with Crippen LogP contribution in [0.2, 0.25) is 10.0 Å². The first-order chi connectivity index (χ1) is 9.90. The maximum absolute atomic E-state index is 12.1. The normalized spacial score (nSPS) is 10.2. The number of hydrogen-bond donors (Lipinski definition) is 3. The van der Waals surface area contributed by atoms with Crippen molar-refractivity contribution in [3.05, 3.63) is 57.6 Å². The van der Waals surface area contributed by atoms with Crippen molar-refractivity contribution in [3.63, 3.8) is 0 Å². The molecule has 0 unspecified atom stereocenters. The zero-order valence-corrected chi connectivity index (χ0v) is 11.9. The van der Waals surface area contributed by atoms with Crippen LogP contribution in [-0.2, 0) is 0 Å². The van der Waals surface area contributed by atoms with E-state index in [0.29, 0.717) is 0 Å². The number of amides is 1. The van der Waals surface area contributed by atoms with Gasteiger partial charge in [0.25, 0.3) is 5.91 Å². The molecule has 0 spiro atoms. The van der Waals surface area contributed by atoms with E-state index in [1.165, 1.54) is 36.4 Å². The van der Waals surface area contributed by atoms with Crippen molar-refractivity contribution in [2.45, 2.75) is 0 Å². The minimum atomic E-state index is -1.25. The number of halogens is 2. The molecule has 7 heteroatoms. The average molecular weight is 326 g/mol. The van der Waals surface area contributed by atoms with Crippen molar-refractivity contribution in [3.8, 4) is 5.75 Å². The van der Waals surface area contributed by atoms with Crippen LogP contribution in [0.1, 0.15) is 20.7 Å². The van der Waals surface area contributed by atoms with Gasteiger partial charge in [-0.2, -0.15) is 0 Å². The third kappa shape index (κ3) is 3.26. The van der Waals surface area contributed by atoms with Crippen LogP contribution < -0.4 is 5.32 Å². The number of phenols is 1. The molecule has 0 aliphatic heterocycles. The Hall–Kier alpha value is -2.24. The van der Waals surface area contributed by atoms with E-state index in [-0.39, 0.29) is 32.6 Å². The number of hydrogen-bond acceptors (Lipinski definition) is 3. The van der Waals surface area contributed by atoms with Gasteiger partial charge in [0.15, 0.2) is 0 Å². The molecule has 0 saturated heterocycles. The largest absolute Gasteiger partial charge is 0.506 e. The summed E-state index contributed by atoms with van der Waals surface area (Å²) < 4.78 is 0. The Morgan fingerprint density at radius 1 is 1.05 bits per heavy atom. The third-order valence-electron chi connectivity index (χ3n) is 2.69. The molecule has 2 rings (SSSR count). The van der Waals surface area contributed by atoms with E-state index in [0.717, 1.165) is 0 Å². The van der Waals surface area contributed by atoms with Crippen LogP contribution in [0.25, 0.3) is 0 Å². The molecule has 5 nitrogen and oxygen atoms in total. The summed E-state index contributed by atoms with van der Waals surface area (Å²) in [6, 6.07) is 8.27. The van der Waals surface area contributed by atoms with E-state index < -0.39 is 11.9 Å². The molecule has 108 valence electrons. The molecule has 0 fully saturated rings. The van der Waals surface area contributed by atoms with Gasteiger partial charge in [-0.3, -0.25) is 4.79 Å². The van der Waals surface area contributed by atoms with E-state index in [1.807, 2.05) is 0 Å². The third-order valence-corrected chi connectivity index (χ3v) is 3.30. The second-order valence-electron chi connectivity index (χ2n) is 4.09. The fraction of sp³-hybridized carbons (Fsp3) is 0. The van der Waals surface area contributed by atoms with Gasteiger partial charge >= 0.3 is 5.97 Å². The van der Waals surface area contributed by atoms with Crippen molar-refractivity contribution in [2.75, 3.05) is 5.32 Å². The van der Waals surface area contributed by atoms with E-state index in [1.54, 1.807) is 0 Å². The number of carbonyl (C=O) groups is 2. The van der Waals surface area contributed by atoms with Crippen LogP contribution in [0.4, 0.5) is 5.69 Å². The van der Waals surface area contributed by atoms with Gasteiger partial charge in [-0.15, -0.1) is 0 Å². The lowest BCUT2D eigenvalue weighted by Crippen LogP contribution is -2.15. The molecule has 0 radical (unpaired) electrons. The smallest absolute Gasteiger partial charge is 0.339 e. The highest BCUT2D eigenvalue weighted by molar-refractivity contribution is 6.34. The zero-order valence-electron chi connectivity index (χ0n) is 10.4. The molecule has 0 saturated carbocycles. The standard InChI is InChI=1S/C14H9Cl2NO4/c15-8-2-1-3-10(12(8)14(20)21)17-13(19)7-4-5-11(18)9(16)6-7/h1-6,18H,(H,17,19)(H,20,21). The predicted molar refractivity (Wildman–Crippen MR) is 79.5 cm³/mol. The molecule has 0 aliphatic carbocycles. The Morgan fingerprint density at radius 3 is 2.38 bits per heavy atom. The monoisotopic (exact) mass is 325 g/mol. The minimum Gasteiger partial charge on any atom is -0.506 e. The molecule has 0 aromatic heterocycles. The molecule has 0 atom stereocenters. The van der Waals surface area contributed by atoms with Gasteiger partial charge in [-0.05, 0) is 30.3 Å². The number of carboxylic acids is 1. The van der Waals surface area contributed by atoms with Crippen LogP contribution in [0.15, 0.2) is 36.4 Å². The summed E-state index contributed by atoms with van der Waals surface area (Å²) in [5.41, 5.74) is 0.0516. The zero-order chi connectivity index (χ0) is 15.6. The summed E-state index contributed by atoms with van der Waals surface area (Å²) in [5, 5.41) is 20.9. The number of anilines is 1. The molecule has 3 N–H and O–H groups in total. The summed E-state index contributed by atoms with van der Waals surface area (Å²) in [4.78, 5) is 23.2. The first kappa shape index (κ1) is 15.2. The van der Waals surface area contributed by atoms with Gasteiger partial charge in [0.2, 0.25) is 0 Å². The SMILES string of the molecule is O=C(Nc1cccc(Cl)c1C(=O)O)c1ccc(O)c(Cl)c1. The van der Waals surface area contributed by atoms with Crippen LogP contribution >= 0.6 is 23.2 Å². The van der Waals surface area contributed by atoms with Gasteiger partial charge in [-0.1, -0.05) is 29.3 Å². The number of nitrogens with one attached hydrogen (secondary N) is 1. The van der Waals surface area contributed by atoms with Crippen LogP contribution in [-0.4, -0.2) is 22.1 Å². The van der Waals surface area contributed by atoms with E-state index in [9.17, 15) is 14.7 Å². The number of phenolic OH excluding ortho intramolecular Hbond substituents is 1. The van der Waals surface area contributed by atoms with Gasteiger partial charge in [0, 0.05) is 5.56 Å². The fourth-order valence-electron chi connectivity index (χ4n) is 1.69. The average Bonchev–Trinajstić information content (AvgIpc) is 2.41. The van der Waals surface area contributed by atoms with E-state index >= 15 is 0 Å². The lowest BCUT2D eigenvalue weighted by molar-refractivity contribution is 0.0698. The number of aromatic carboxylic acids is 1. The van der Waals surface area contributed by atoms with Gasteiger partial charge in [-0.25, -0.2) is 4.79 Å². The highest BCUT2D eigenvalue weighted by atomic mass is 35.5. The van der Waals surface area contributed by atoms with Crippen molar-refractivity contribution in [1.29, 1.82) is 0 Å². The van der Waals surface area contributed by atoms with Crippen LogP contribution in [0, 0.1) is 0 Å². The van der Waals surface area contributed by atoms with Gasteiger partial charge in [0.1, 0.15) is 11.3 Å². The Bertz CT molecular complexity index is 731. The summed E-state index contributed by atoms with van der Waals surface area (Å²) in [7, 11) is 0. The number of carbonyl (C=O) groups excluding carboxylic acids is 1. The van der Waals surface area contributed by atoms with E-state index in [2.05, 4.69) is 5.32 Å².